The number of carbonyl (C=O) groups excluding carboxylic acids is 1. The molecule has 0 aliphatic heterocycles. The van der Waals surface area contributed by atoms with Crippen molar-refractivity contribution in [3.05, 3.63) is 40.7 Å². The van der Waals surface area contributed by atoms with Crippen LogP contribution in [0.1, 0.15) is 17.7 Å². The number of nitrogens with zero attached hydrogens (tertiary/aromatic N) is 1. The predicted molar refractivity (Wildman–Crippen MR) is 93.2 cm³/mol. The van der Waals surface area contributed by atoms with Crippen LogP contribution in [0.15, 0.2) is 29.3 Å². The Morgan fingerprint density at radius 2 is 2.12 bits per heavy atom. The maximum Gasteiger partial charge on any atom is 0.319 e. The van der Waals surface area contributed by atoms with E-state index >= 15 is 0 Å². The Hall–Kier alpha value is -2.06. The van der Waals surface area contributed by atoms with Crippen LogP contribution in [0.3, 0.4) is 0 Å². The van der Waals surface area contributed by atoms with Crippen LogP contribution in [-0.2, 0) is 16.3 Å². The van der Waals surface area contributed by atoms with Crippen LogP contribution >= 0.6 is 11.6 Å². The molecule has 9 heteroatoms. The Balaban J connectivity index is 1.87. The molecule has 24 heavy (non-hydrogen) atoms. The lowest BCUT2D eigenvalue weighted by Crippen LogP contribution is -2.30. The molecule has 1 aromatic heterocycles. The summed E-state index contributed by atoms with van der Waals surface area (Å²) in [5.41, 5.74) is 2.38. The van der Waals surface area contributed by atoms with Crippen molar-refractivity contribution in [2.45, 2.75) is 24.7 Å². The van der Waals surface area contributed by atoms with E-state index in [1.54, 1.807) is 6.20 Å². The van der Waals surface area contributed by atoms with E-state index in [9.17, 15) is 13.2 Å². The SMILES string of the molecule is Cc1[nH]ncc1CCCNC(=O)Nc1cc(S(C)(=O)=O)ccc1Cl. The molecule has 0 saturated heterocycles. The number of nitrogens with one attached hydrogen (secondary N) is 3. The summed E-state index contributed by atoms with van der Waals surface area (Å²) in [6.07, 6.45) is 4.42. The zero-order valence-corrected chi connectivity index (χ0v) is 15.0. The molecular weight excluding hydrogens is 352 g/mol. The molecule has 0 atom stereocenters. The summed E-state index contributed by atoms with van der Waals surface area (Å²) >= 11 is 5.99. The number of amides is 2. The molecule has 2 rings (SSSR count). The molecule has 0 unspecified atom stereocenters. The lowest BCUT2D eigenvalue weighted by Gasteiger charge is -2.10. The fraction of sp³-hybridized carbons (Fsp3) is 0.333. The fourth-order valence-corrected chi connectivity index (χ4v) is 2.92. The number of anilines is 1. The van der Waals surface area contributed by atoms with E-state index in [0.29, 0.717) is 6.54 Å². The van der Waals surface area contributed by atoms with E-state index in [4.69, 9.17) is 11.6 Å². The fourth-order valence-electron chi connectivity index (χ4n) is 2.11. The van der Waals surface area contributed by atoms with Gasteiger partial charge >= 0.3 is 6.03 Å². The van der Waals surface area contributed by atoms with Gasteiger partial charge in [-0.25, -0.2) is 13.2 Å². The first-order chi connectivity index (χ1) is 11.3. The molecule has 0 aliphatic carbocycles. The van der Waals surface area contributed by atoms with Gasteiger partial charge in [-0.2, -0.15) is 5.10 Å². The predicted octanol–water partition coefficient (Wildman–Crippen LogP) is 2.53. The van der Waals surface area contributed by atoms with Gasteiger partial charge in [0.05, 0.1) is 21.8 Å². The number of aryl methyl sites for hydroxylation is 2. The third kappa shape index (κ3) is 4.97. The zero-order chi connectivity index (χ0) is 17.7. The molecule has 1 heterocycles. The van der Waals surface area contributed by atoms with Crippen LogP contribution in [0.4, 0.5) is 10.5 Å². The molecule has 130 valence electrons. The topological polar surface area (TPSA) is 104 Å². The second kappa shape index (κ2) is 7.67. The number of hydrogen-bond donors (Lipinski definition) is 3. The van der Waals surface area contributed by atoms with E-state index in [0.717, 1.165) is 30.4 Å². The number of aromatic nitrogens is 2. The average molecular weight is 371 g/mol. The number of hydrogen-bond acceptors (Lipinski definition) is 4. The van der Waals surface area contributed by atoms with E-state index in [1.165, 1.54) is 18.2 Å². The van der Waals surface area contributed by atoms with Crippen LogP contribution in [0.2, 0.25) is 5.02 Å². The minimum Gasteiger partial charge on any atom is -0.338 e. The summed E-state index contributed by atoms with van der Waals surface area (Å²) in [4.78, 5) is 12.0. The standard InChI is InChI=1S/C15H19ClN4O3S/c1-10-11(9-18-20-10)4-3-7-17-15(21)19-14-8-12(24(2,22)23)5-6-13(14)16/h5-6,8-9H,3-4,7H2,1-2H3,(H,18,20)(H2,17,19,21). The molecule has 0 radical (unpaired) electrons. The molecule has 3 N–H and O–H groups in total. The molecule has 0 spiro atoms. The summed E-state index contributed by atoms with van der Waals surface area (Å²) in [5, 5.41) is 12.3. The van der Waals surface area contributed by atoms with Gasteiger partial charge in [0.25, 0.3) is 0 Å². The number of benzene rings is 1. The van der Waals surface area contributed by atoms with E-state index in [-0.39, 0.29) is 15.6 Å². The van der Waals surface area contributed by atoms with Crippen molar-refractivity contribution in [2.75, 3.05) is 18.1 Å². The maximum atomic E-state index is 11.9. The van der Waals surface area contributed by atoms with Crippen LogP contribution in [0.5, 0.6) is 0 Å². The summed E-state index contributed by atoms with van der Waals surface area (Å²) in [7, 11) is -3.37. The normalized spacial score (nSPS) is 11.3. The van der Waals surface area contributed by atoms with Crippen molar-refractivity contribution in [1.29, 1.82) is 0 Å². The maximum absolute atomic E-state index is 11.9. The van der Waals surface area contributed by atoms with Crippen molar-refractivity contribution >= 4 is 33.2 Å². The van der Waals surface area contributed by atoms with Gasteiger partial charge in [-0.1, -0.05) is 11.6 Å². The largest absolute Gasteiger partial charge is 0.338 e. The molecule has 2 aromatic rings. The third-order valence-corrected chi connectivity index (χ3v) is 4.90. The first-order valence-corrected chi connectivity index (χ1v) is 9.57. The van der Waals surface area contributed by atoms with Crippen molar-refractivity contribution in [3.63, 3.8) is 0 Å². The quantitative estimate of drug-likeness (QED) is 0.679. The van der Waals surface area contributed by atoms with Crippen LogP contribution in [-0.4, -0.2) is 37.4 Å². The van der Waals surface area contributed by atoms with Gasteiger partial charge in [-0.15, -0.1) is 0 Å². The van der Waals surface area contributed by atoms with E-state index in [1.807, 2.05) is 6.92 Å². The Kier molecular flexibility index (Phi) is 5.84. The number of carbonyl (C=O) groups is 1. The Morgan fingerprint density at radius 1 is 1.38 bits per heavy atom. The number of H-pyrrole nitrogens is 1. The van der Waals surface area contributed by atoms with Crippen molar-refractivity contribution in [3.8, 4) is 0 Å². The summed E-state index contributed by atoms with van der Waals surface area (Å²) in [6.45, 7) is 2.42. The van der Waals surface area contributed by atoms with E-state index in [2.05, 4.69) is 20.8 Å². The first kappa shape index (κ1) is 18.3. The molecular formula is C15H19ClN4O3S. The molecule has 0 saturated carbocycles. The monoisotopic (exact) mass is 370 g/mol. The van der Waals surface area contributed by atoms with Crippen LogP contribution in [0.25, 0.3) is 0 Å². The van der Waals surface area contributed by atoms with Gasteiger partial charge < -0.3 is 10.6 Å². The number of rotatable bonds is 6. The minimum atomic E-state index is -3.37. The smallest absolute Gasteiger partial charge is 0.319 e. The second-order valence-electron chi connectivity index (χ2n) is 5.42. The molecule has 2 amide bonds. The molecule has 0 aliphatic rings. The minimum absolute atomic E-state index is 0.0950. The highest BCUT2D eigenvalue weighted by molar-refractivity contribution is 7.90. The molecule has 0 fully saturated rings. The number of urea groups is 1. The number of halogens is 1. The highest BCUT2D eigenvalue weighted by atomic mass is 35.5. The summed E-state index contributed by atoms with van der Waals surface area (Å²) < 4.78 is 23.1. The van der Waals surface area contributed by atoms with Gasteiger partial charge in [-0.3, -0.25) is 5.10 Å². The lowest BCUT2D eigenvalue weighted by molar-refractivity contribution is 0.252. The number of aromatic amines is 1. The van der Waals surface area contributed by atoms with Crippen molar-refractivity contribution in [1.82, 2.24) is 15.5 Å². The second-order valence-corrected chi connectivity index (χ2v) is 7.84. The van der Waals surface area contributed by atoms with Crippen molar-refractivity contribution in [2.24, 2.45) is 0 Å². The first-order valence-electron chi connectivity index (χ1n) is 7.30. The highest BCUT2D eigenvalue weighted by Crippen LogP contribution is 2.25. The lowest BCUT2D eigenvalue weighted by atomic mass is 10.1. The third-order valence-electron chi connectivity index (χ3n) is 3.46. The number of sulfone groups is 1. The van der Waals surface area contributed by atoms with Gasteiger partial charge in [0.2, 0.25) is 0 Å². The Labute approximate surface area is 145 Å². The van der Waals surface area contributed by atoms with E-state index < -0.39 is 15.9 Å². The summed E-state index contributed by atoms with van der Waals surface area (Å²) in [5.74, 6) is 0. The van der Waals surface area contributed by atoms with Crippen molar-refractivity contribution < 1.29 is 13.2 Å². The van der Waals surface area contributed by atoms with Gasteiger partial charge in [0.15, 0.2) is 9.84 Å². The van der Waals surface area contributed by atoms with Crippen LogP contribution in [0, 0.1) is 6.92 Å². The molecule has 1 aromatic carbocycles. The van der Waals surface area contributed by atoms with Gasteiger partial charge in [0, 0.05) is 18.5 Å². The Morgan fingerprint density at radius 3 is 2.75 bits per heavy atom. The van der Waals surface area contributed by atoms with Gasteiger partial charge in [0.1, 0.15) is 0 Å². The molecule has 7 nitrogen and oxygen atoms in total. The van der Waals surface area contributed by atoms with Crippen LogP contribution < -0.4 is 10.6 Å². The average Bonchev–Trinajstić information content (AvgIpc) is 2.90. The molecule has 0 bridgehead atoms. The highest BCUT2D eigenvalue weighted by Gasteiger charge is 2.12. The summed E-state index contributed by atoms with van der Waals surface area (Å²) in [6, 6.07) is 3.74. The zero-order valence-electron chi connectivity index (χ0n) is 13.4. The van der Waals surface area contributed by atoms with Gasteiger partial charge in [-0.05, 0) is 43.5 Å². The Bertz CT molecular complexity index is 833.